The molecule has 1 heterocycles. The molecule has 1 atom stereocenters. The number of non-ortho nitro benzene ring substituents is 1. The topological polar surface area (TPSA) is 92.9 Å². The summed E-state index contributed by atoms with van der Waals surface area (Å²) in [5.41, 5.74) is 0.688. The first-order valence-corrected chi connectivity index (χ1v) is 6.89. The Labute approximate surface area is 122 Å². The number of carbonyl (C=O) groups is 1. The fourth-order valence-corrected chi connectivity index (χ4v) is 2.37. The van der Waals surface area contributed by atoms with E-state index in [1.54, 1.807) is 17.0 Å². The number of hydrogen-bond donors (Lipinski definition) is 1. The third-order valence-corrected chi connectivity index (χ3v) is 3.58. The molecule has 0 spiro atoms. The number of likely N-dealkylation sites (tertiary alicyclic amines) is 1. The van der Waals surface area contributed by atoms with Crippen LogP contribution in [0.25, 0.3) is 0 Å². The molecule has 0 saturated carbocycles. The van der Waals surface area contributed by atoms with Crippen molar-refractivity contribution >= 4 is 11.8 Å². The van der Waals surface area contributed by atoms with Crippen molar-refractivity contribution in [1.29, 1.82) is 0 Å². The maximum Gasteiger partial charge on any atom is 0.410 e. The third kappa shape index (κ3) is 3.91. The van der Waals surface area contributed by atoms with E-state index in [2.05, 4.69) is 0 Å². The Kier molecular flexibility index (Phi) is 5.10. The van der Waals surface area contributed by atoms with Crippen LogP contribution in [-0.2, 0) is 11.3 Å². The van der Waals surface area contributed by atoms with E-state index in [0.717, 1.165) is 19.3 Å². The van der Waals surface area contributed by atoms with Gasteiger partial charge in [-0.3, -0.25) is 10.1 Å². The van der Waals surface area contributed by atoms with E-state index in [9.17, 15) is 20.0 Å². The van der Waals surface area contributed by atoms with Crippen LogP contribution < -0.4 is 0 Å². The second-order valence-electron chi connectivity index (χ2n) is 5.00. The molecule has 114 valence electrons. The van der Waals surface area contributed by atoms with Gasteiger partial charge in [0.25, 0.3) is 5.69 Å². The fraction of sp³-hybridized carbons (Fsp3) is 0.500. The van der Waals surface area contributed by atoms with Crippen LogP contribution in [0.3, 0.4) is 0 Å². The lowest BCUT2D eigenvalue weighted by molar-refractivity contribution is -0.384. The van der Waals surface area contributed by atoms with Gasteiger partial charge in [-0.25, -0.2) is 4.79 Å². The van der Waals surface area contributed by atoms with Crippen LogP contribution in [0.15, 0.2) is 24.3 Å². The van der Waals surface area contributed by atoms with Crippen LogP contribution in [0.5, 0.6) is 0 Å². The number of hydrogen-bond acceptors (Lipinski definition) is 5. The second kappa shape index (κ2) is 7.03. The lowest BCUT2D eigenvalue weighted by Gasteiger charge is -2.33. The molecule has 7 nitrogen and oxygen atoms in total. The predicted octanol–water partition coefficient (Wildman–Crippen LogP) is 2.08. The zero-order valence-electron chi connectivity index (χ0n) is 11.6. The maximum atomic E-state index is 12.0. The van der Waals surface area contributed by atoms with Crippen LogP contribution >= 0.6 is 0 Å². The highest BCUT2D eigenvalue weighted by atomic mass is 16.6. The summed E-state index contributed by atoms with van der Waals surface area (Å²) in [7, 11) is 0. The van der Waals surface area contributed by atoms with E-state index in [4.69, 9.17) is 4.74 Å². The molecule has 0 bridgehead atoms. The van der Waals surface area contributed by atoms with Crippen molar-refractivity contribution in [2.75, 3.05) is 13.2 Å². The molecule has 1 aromatic carbocycles. The Balaban J connectivity index is 1.89. The molecule has 1 unspecified atom stereocenters. The number of aliphatic hydroxyl groups is 1. The highest BCUT2D eigenvalue weighted by Crippen LogP contribution is 2.18. The first-order valence-electron chi connectivity index (χ1n) is 6.89. The first-order chi connectivity index (χ1) is 10.1. The molecule has 1 amide bonds. The minimum atomic E-state index is -0.477. The van der Waals surface area contributed by atoms with E-state index in [1.807, 2.05) is 0 Å². The largest absolute Gasteiger partial charge is 0.445 e. The van der Waals surface area contributed by atoms with E-state index in [-0.39, 0.29) is 24.9 Å². The molecule has 1 N–H and O–H groups in total. The van der Waals surface area contributed by atoms with Crippen molar-refractivity contribution in [1.82, 2.24) is 4.90 Å². The molecule has 1 aliphatic heterocycles. The Morgan fingerprint density at radius 1 is 1.38 bits per heavy atom. The van der Waals surface area contributed by atoms with Gasteiger partial charge in [-0.15, -0.1) is 0 Å². The predicted molar refractivity (Wildman–Crippen MR) is 74.7 cm³/mol. The summed E-state index contributed by atoms with van der Waals surface area (Å²) < 4.78 is 5.21. The first kappa shape index (κ1) is 15.2. The summed E-state index contributed by atoms with van der Waals surface area (Å²) in [5, 5.41) is 19.8. The average molecular weight is 294 g/mol. The number of benzene rings is 1. The molecule has 0 aromatic heterocycles. The van der Waals surface area contributed by atoms with Crippen LogP contribution in [0.4, 0.5) is 10.5 Å². The van der Waals surface area contributed by atoms with Crippen molar-refractivity contribution in [3.8, 4) is 0 Å². The lowest BCUT2D eigenvalue weighted by Crippen LogP contribution is -2.45. The standard InChI is InChI=1S/C14H18N2O5/c17-9-13-3-1-2-8-15(13)14(18)21-10-11-4-6-12(7-5-11)16(19)20/h4-7,13,17H,1-3,8-10H2. The molecule has 0 radical (unpaired) electrons. The molecular weight excluding hydrogens is 276 g/mol. The van der Waals surface area contributed by atoms with Crippen molar-refractivity contribution < 1.29 is 19.6 Å². The highest BCUT2D eigenvalue weighted by Gasteiger charge is 2.27. The highest BCUT2D eigenvalue weighted by molar-refractivity contribution is 5.68. The maximum absolute atomic E-state index is 12.0. The van der Waals surface area contributed by atoms with Gasteiger partial charge in [-0.1, -0.05) is 0 Å². The van der Waals surface area contributed by atoms with Gasteiger partial charge in [0.05, 0.1) is 17.6 Å². The third-order valence-electron chi connectivity index (χ3n) is 3.58. The Hall–Kier alpha value is -2.15. The molecular formula is C14H18N2O5. The van der Waals surface area contributed by atoms with Gasteiger partial charge in [0, 0.05) is 18.7 Å². The van der Waals surface area contributed by atoms with Crippen molar-refractivity contribution in [2.45, 2.75) is 31.9 Å². The Morgan fingerprint density at radius 3 is 2.71 bits per heavy atom. The van der Waals surface area contributed by atoms with Crippen LogP contribution in [0.1, 0.15) is 24.8 Å². The zero-order chi connectivity index (χ0) is 15.2. The summed E-state index contributed by atoms with van der Waals surface area (Å²) in [4.78, 5) is 23.6. The summed E-state index contributed by atoms with van der Waals surface area (Å²) in [6.45, 7) is 0.586. The van der Waals surface area contributed by atoms with Crippen molar-refractivity contribution in [3.63, 3.8) is 0 Å². The van der Waals surface area contributed by atoms with Gasteiger partial charge in [-0.05, 0) is 37.0 Å². The fourth-order valence-electron chi connectivity index (χ4n) is 2.37. The summed E-state index contributed by atoms with van der Waals surface area (Å²) in [6, 6.07) is 5.69. The Morgan fingerprint density at radius 2 is 2.10 bits per heavy atom. The molecule has 1 aromatic rings. The van der Waals surface area contributed by atoms with E-state index in [1.165, 1.54) is 12.1 Å². The number of aliphatic hydroxyl groups excluding tert-OH is 1. The number of amides is 1. The molecule has 2 rings (SSSR count). The van der Waals surface area contributed by atoms with E-state index >= 15 is 0 Å². The van der Waals surface area contributed by atoms with Crippen LogP contribution in [0.2, 0.25) is 0 Å². The summed E-state index contributed by atoms with van der Waals surface area (Å²) in [5.74, 6) is 0. The van der Waals surface area contributed by atoms with Gasteiger partial charge in [-0.2, -0.15) is 0 Å². The molecule has 0 aliphatic carbocycles. The zero-order valence-corrected chi connectivity index (χ0v) is 11.6. The molecule has 1 saturated heterocycles. The molecule has 7 heteroatoms. The Bertz CT molecular complexity index is 503. The van der Waals surface area contributed by atoms with Gasteiger partial charge in [0.15, 0.2) is 0 Å². The summed E-state index contributed by atoms with van der Waals surface area (Å²) in [6.07, 6.45) is 2.23. The number of nitro groups is 1. The van der Waals surface area contributed by atoms with Gasteiger partial charge in [0.2, 0.25) is 0 Å². The van der Waals surface area contributed by atoms with Gasteiger partial charge >= 0.3 is 6.09 Å². The minimum absolute atomic E-state index is 0.00134. The smallest absolute Gasteiger partial charge is 0.410 e. The van der Waals surface area contributed by atoms with Crippen molar-refractivity contribution in [3.05, 3.63) is 39.9 Å². The number of ether oxygens (including phenoxy) is 1. The number of carbonyl (C=O) groups excluding carboxylic acids is 1. The monoisotopic (exact) mass is 294 g/mol. The molecule has 21 heavy (non-hydrogen) atoms. The van der Waals surface area contributed by atoms with E-state index in [0.29, 0.717) is 12.1 Å². The number of rotatable bonds is 4. The summed E-state index contributed by atoms with van der Waals surface area (Å²) >= 11 is 0. The van der Waals surface area contributed by atoms with Gasteiger partial charge < -0.3 is 14.7 Å². The molecule has 1 fully saturated rings. The van der Waals surface area contributed by atoms with Crippen LogP contribution in [-0.4, -0.2) is 40.2 Å². The van der Waals surface area contributed by atoms with E-state index < -0.39 is 11.0 Å². The van der Waals surface area contributed by atoms with Crippen molar-refractivity contribution in [2.24, 2.45) is 0 Å². The lowest BCUT2D eigenvalue weighted by atomic mass is 10.0. The quantitative estimate of drug-likeness (QED) is 0.678. The average Bonchev–Trinajstić information content (AvgIpc) is 2.52. The SMILES string of the molecule is O=C(OCc1ccc([N+](=O)[O-])cc1)N1CCCCC1CO. The molecule has 1 aliphatic rings. The minimum Gasteiger partial charge on any atom is -0.445 e. The number of piperidine rings is 1. The van der Waals surface area contributed by atoms with Gasteiger partial charge in [0.1, 0.15) is 6.61 Å². The number of nitro benzene ring substituents is 1. The number of nitrogens with zero attached hydrogens (tertiary/aromatic N) is 2. The van der Waals surface area contributed by atoms with Crippen LogP contribution in [0, 0.1) is 10.1 Å². The second-order valence-corrected chi connectivity index (χ2v) is 5.00. The normalized spacial score (nSPS) is 18.3.